The van der Waals surface area contributed by atoms with Crippen molar-refractivity contribution >= 4 is 22.4 Å². The third-order valence-corrected chi connectivity index (χ3v) is 3.46. The monoisotopic (exact) mass is 294 g/mol. The van der Waals surface area contributed by atoms with Crippen LogP contribution in [0.1, 0.15) is 22.3 Å². The second-order valence-electron chi connectivity index (χ2n) is 4.23. The maximum atomic E-state index is 13.1. The van der Waals surface area contributed by atoms with Gasteiger partial charge in [0.05, 0.1) is 0 Å². The molecule has 0 aliphatic carbocycles. The van der Waals surface area contributed by atoms with E-state index in [-0.39, 0.29) is 11.7 Å². The highest BCUT2D eigenvalue weighted by atomic mass is 32.1. The third-order valence-electron chi connectivity index (χ3n) is 2.59. The van der Waals surface area contributed by atoms with Crippen LogP contribution in [0.3, 0.4) is 0 Å². The predicted molar refractivity (Wildman–Crippen MR) is 76.3 cm³/mol. The molecule has 1 heterocycles. The highest BCUT2D eigenvalue weighted by Crippen LogP contribution is 2.17. The maximum absolute atomic E-state index is 13.1. The Morgan fingerprint density at radius 3 is 2.95 bits per heavy atom. The third kappa shape index (κ3) is 3.51. The van der Waals surface area contributed by atoms with Crippen molar-refractivity contribution in [2.24, 2.45) is 0 Å². The highest BCUT2D eigenvalue weighted by Gasteiger charge is 2.17. The Kier molecular flexibility index (Phi) is 4.62. The topological polar surface area (TPSA) is 58.1 Å². The van der Waals surface area contributed by atoms with Gasteiger partial charge in [0.1, 0.15) is 5.82 Å². The molecule has 106 valence electrons. The van der Waals surface area contributed by atoms with Crippen molar-refractivity contribution in [3.63, 3.8) is 0 Å². The van der Waals surface area contributed by atoms with Crippen LogP contribution in [0.25, 0.3) is 0 Å². The van der Waals surface area contributed by atoms with Crippen LogP contribution in [0.5, 0.6) is 0 Å². The van der Waals surface area contributed by atoms with Crippen LogP contribution in [0.15, 0.2) is 24.3 Å². The van der Waals surface area contributed by atoms with Gasteiger partial charge in [0, 0.05) is 20.1 Å². The van der Waals surface area contributed by atoms with E-state index in [0.29, 0.717) is 16.7 Å². The fraction of sp³-hybridized carbons (Fsp3) is 0.308. The zero-order valence-corrected chi connectivity index (χ0v) is 12.1. The smallest absolute Gasteiger partial charge is 0.284 e. The molecule has 0 aliphatic rings. The molecule has 0 saturated heterocycles. The van der Waals surface area contributed by atoms with E-state index in [1.807, 2.05) is 6.92 Å². The molecular formula is C13H15FN4OS. The van der Waals surface area contributed by atoms with Crippen molar-refractivity contribution < 1.29 is 9.18 Å². The molecule has 0 bridgehead atoms. The number of nitrogens with zero attached hydrogens (tertiary/aromatic N) is 3. The number of nitrogens with one attached hydrogen (secondary N) is 1. The van der Waals surface area contributed by atoms with E-state index in [0.717, 1.165) is 12.1 Å². The first-order chi connectivity index (χ1) is 9.60. The lowest BCUT2D eigenvalue weighted by Crippen LogP contribution is -2.26. The molecule has 20 heavy (non-hydrogen) atoms. The van der Waals surface area contributed by atoms with Gasteiger partial charge in [0.25, 0.3) is 5.91 Å². The van der Waals surface area contributed by atoms with Crippen LogP contribution in [0, 0.1) is 5.82 Å². The summed E-state index contributed by atoms with van der Waals surface area (Å²) in [4.78, 5) is 13.7. The van der Waals surface area contributed by atoms with Crippen molar-refractivity contribution in [2.45, 2.75) is 13.5 Å². The average molecular weight is 294 g/mol. The fourth-order valence-electron chi connectivity index (χ4n) is 1.68. The first kappa shape index (κ1) is 14.4. The molecule has 0 spiro atoms. The van der Waals surface area contributed by atoms with Gasteiger partial charge >= 0.3 is 0 Å². The van der Waals surface area contributed by atoms with Gasteiger partial charge in [-0.1, -0.05) is 23.5 Å². The standard InChI is InChI=1S/C13H15FN4OS/c1-3-15-13-17-16-11(20-13)12(19)18(2)8-9-5-4-6-10(14)7-9/h4-7H,3,8H2,1-2H3,(H,15,17). The minimum Gasteiger partial charge on any atom is -0.360 e. The Morgan fingerprint density at radius 1 is 1.45 bits per heavy atom. The lowest BCUT2D eigenvalue weighted by Gasteiger charge is -2.15. The van der Waals surface area contributed by atoms with E-state index in [1.165, 1.54) is 28.4 Å². The molecule has 0 aliphatic heterocycles. The molecule has 0 saturated carbocycles. The molecule has 5 nitrogen and oxygen atoms in total. The van der Waals surface area contributed by atoms with Crippen molar-refractivity contribution in [2.75, 3.05) is 18.9 Å². The summed E-state index contributed by atoms with van der Waals surface area (Å²) in [5.74, 6) is -0.537. The van der Waals surface area contributed by atoms with Crippen LogP contribution in [0.4, 0.5) is 9.52 Å². The van der Waals surface area contributed by atoms with Gasteiger partial charge < -0.3 is 10.2 Å². The summed E-state index contributed by atoms with van der Waals surface area (Å²) in [5, 5.41) is 11.7. The number of hydrogen-bond acceptors (Lipinski definition) is 5. The quantitative estimate of drug-likeness (QED) is 0.920. The van der Waals surface area contributed by atoms with E-state index < -0.39 is 0 Å². The Labute approximate surface area is 120 Å². The molecule has 1 aromatic heterocycles. The average Bonchev–Trinajstić information content (AvgIpc) is 2.87. The number of carbonyl (C=O) groups excluding carboxylic acids is 1. The number of carbonyl (C=O) groups is 1. The highest BCUT2D eigenvalue weighted by molar-refractivity contribution is 7.17. The largest absolute Gasteiger partial charge is 0.360 e. The van der Waals surface area contributed by atoms with Gasteiger partial charge in [-0.2, -0.15) is 0 Å². The Morgan fingerprint density at radius 2 is 2.25 bits per heavy atom. The number of benzene rings is 1. The number of halogens is 1. The van der Waals surface area contributed by atoms with E-state index in [1.54, 1.807) is 19.2 Å². The number of aromatic nitrogens is 2. The van der Waals surface area contributed by atoms with Gasteiger partial charge in [0.2, 0.25) is 10.1 Å². The zero-order chi connectivity index (χ0) is 14.5. The molecule has 0 unspecified atom stereocenters. The van der Waals surface area contributed by atoms with Crippen LogP contribution in [-0.4, -0.2) is 34.6 Å². The summed E-state index contributed by atoms with van der Waals surface area (Å²) in [5.41, 5.74) is 0.734. The van der Waals surface area contributed by atoms with Crippen molar-refractivity contribution in [3.05, 3.63) is 40.7 Å². The number of rotatable bonds is 5. The van der Waals surface area contributed by atoms with E-state index in [9.17, 15) is 9.18 Å². The van der Waals surface area contributed by atoms with E-state index in [2.05, 4.69) is 15.5 Å². The van der Waals surface area contributed by atoms with Crippen LogP contribution in [-0.2, 0) is 6.54 Å². The summed E-state index contributed by atoms with van der Waals surface area (Å²) in [6.07, 6.45) is 0. The molecule has 0 fully saturated rings. The molecule has 7 heteroatoms. The second kappa shape index (κ2) is 6.42. The van der Waals surface area contributed by atoms with Gasteiger partial charge in [-0.3, -0.25) is 4.79 Å². The maximum Gasteiger partial charge on any atom is 0.284 e. The fourth-order valence-corrected chi connectivity index (χ4v) is 2.48. The first-order valence-corrected chi connectivity index (χ1v) is 6.99. The van der Waals surface area contributed by atoms with Gasteiger partial charge in [-0.25, -0.2) is 4.39 Å². The lowest BCUT2D eigenvalue weighted by molar-refractivity contribution is 0.0783. The van der Waals surface area contributed by atoms with Crippen LogP contribution in [0.2, 0.25) is 0 Å². The van der Waals surface area contributed by atoms with Gasteiger partial charge in [-0.15, -0.1) is 10.2 Å². The minimum atomic E-state index is -0.311. The summed E-state index contributed by atoms with van der Waals surface area (Å²) >= 11 is 1.21. The van der Waals surface area contributed by atoms with Crippen LogP contribution < -0.4 is 5.32 Å². The molecule has 1 N–H and O–H groups in total. The van der Waals surface area contributed by atoms with Crippen LogP contribution >= 0.6 is 11.3 Å². The summed E-state index contributed by atoms with van der Waals surface area (Å²) in [6, 6.07) is 6.18. The predicted octanol–water partition coefficient (Wildman–Crippen LogP) is 2.38. The normalized spacial score (nSPS) is 10.3. The van der Waals surface area contributed by atoms with E-state index in [4.69, 9.17) is 0 Å². The number of amides is 1. The Bertz CT molecular complexity index is 602. The second-order valence-corrected chi connectivity index (χ2v) is 5.21. The summed E-state index contributed by atoms with van der Waals surface area (Å²) in [7, 11) is 1.65. The van der Waals surface area contributed by atoms with Gasteiger partial charge in [0.15, 0.2) is 0 Å². The van der Waals surface area contributed by atoms with Crippen molar-refractivity contribution in [1.29, 1.82) is 0 Å². The molecule has 1 amide bonds. The molecule has 0 radical (unpaired) electrons. The van der Waals surface area contributed by atoms with Crippen molar-refractivity contribution in [3.8, 4) is 0 Å². The Balaban J connectivity index is 2.04. The molecule has 0 atom stereocenters. The minimum absolute atomic E-state index is 0.226. The van der Waals surface area contributed by atoms with Crippen molar-refractivity contribution in [1.82, 2.24) is 15.1 Å². The molecule has 1 aromatic carbocycles. The van der Waals surface area contributed by atoms with E-state index >= 15 is 0 Å². The zero-order valence-electron chi connectivity index (χ0n) is 11.3. The Hall–Kier alpha value is -2.02. The van der Waals surface area contributed by atoms with Gasteiger partial charge in [-0.05, 0) is 24.6 Å². The molecule has 2 aromatic rings. The summed E-state index contributed by atoms with van der Waals surface area (Å²) < 4.78 is 13.1. The molecular weight excluding hydrogens is 279 g/mol. The number of hydrogen-bond donors (Lipinski definition) is 1. The number of anilines is 1. The SMILES string of the molecule is CCNc1nnc(C(=O)N(C)Cc2cccc(F)c2)s1. The summed E-state index contributed by atoms with van der Waals surface area (Å²) in [6.45, 7) is 2.99. The molecule has 2 rings (SSSR count). The first-order valence-electron chi connectivity index (χ1n) is 6.17. The lowest BCUT2D eigenvalue weighted by atomic mass is 10.2.